The number of carbonyl (C=O) groups is 2. The summed E-state index contributed by atoms with van der Waals surface area (Å²) in [6.07, 6.45) is 3.18. The zero-order valence-electron chi connectivity index (χ0n) is 13.8. The topological polar surface area (TPSA) is 49.4 Å². The standard InChI is InChI=1S/C20H19ClN2O2/c21-15-4-1-3-14(13-15)20(10-11-20)19(25)22-16-6-8-17(9-7-16)23-12-2-5-18(23)24/h1,3-4,6-9,13H,2,5,10-12H2,(H,22,25). The van der Waals surface area contributed by atoms with E-state index in [0.29, 0.717) is 11.4 Å². The summed E-state index contributed by atoms with van der Waals surface area (Å²) in [6.45, 7) is 0.766. The van der Waals surface area contributed by atoms with Crippen molar-refractivity contribution < 1.29 is 9.59 Å². The minimum absolute atomic E-state index is 0.000217. The molecule has 0 aromatic heterocycles. The van der Waals surface area contributed by atoms with Gasteiger partial charge < -0.3 is 10.2 Å². The predicted octanol–water partition coefficient (Wildman–Crippen LogP) is 4.14. The van der Waals surface area contributed by atoms with Crippen molar-refractivity contribution in [3.05, 3.63) is 59.1 Å². The van der Waals surface area contributed by atoms with Gasteiger partial charge in [0.05, 0.1) is 5.41 Å². The SMILES string of the molecule is O=C1CCCN1c1ccc(NC(=O)C2(c3cccc(Cl)c3)CC2)cc1. The third-order valence-corrected chi connectivity index (χ3v) is 5.31. The van der Waals surface area contributed by atoms with Gasteiger partial charge in [0.15, 0.2) is 0 Å². The summed E-state index contributed by atoms with van der Waals surface area (Å²) < 4.78 is 0. The highest BCUT2D eigenvalue weighted by molar-refractivity contribution is 6.30. The van der Waals surface area contributed by atoms with E-state index in [0.717, 1.165) is 42.7 Å². The highest BCUT2D eigenvalue weighted by Gasteiger charge is 2.51. The van der Waals surface area contributed by atoms with Crippen LogP contribution in [0.1, 0.15) is 31.2 Å². The van der Waals surface area contributed by atoms with Crippen molar-refractivity contribution in [2.45, 2.75) is 31.1 Å². The molecule has 1 saturated carbocycles. The summed E-state index contributed by atoms with van der Waals surface area (Å²) in [7, 11) is 0. The van der Waals surface area contributed by atoms with E-state index in [1.165, 1.54) is 0 Å². The molecule has 2 aliphatic rings. The van der Waals surface area contributed by atoms with Gasteiger partial charge in [-0.1, -0.05) is 23.7 Å². The van der Waals surface area contributed by atoms with Crippen LogP contribution in [-0.2, 0) is 15.0 Å². The minimum atomic E-state index is -0.464. The van der Waals surface area contributed by atoms with Crippen LogP contribution in [0.5, 0.6) is 0 Å². The normalized spacial score (nSPS) is 18.3. The predicted molar refractivity (Wildman–Crippen MR) is 99.0 cm³/mol. The number of nitrogens with zero attached hydrogens (tertiary/aromatic N) is 1. The average Bonchev–Trinajstić information content (AvgIpc) is 3.32. The fourth-order valence-corrected chi connectivity index (χ4v) is 3.64. The van der Waals surface area contributed by atoms with Crippen LogP contribution in [-0.4, -0.2) is 18.4 Å². The molecular formula is C20H19ClN2O2. The largest absolute Gasteiger partial charge is 0.325 e. The number of carbonyl (C=O) groups excluding carboxylic acids is 2. The summed E-state index contributed by atoms with van der Waals surface area (Å²) in [6, 6.07) is 15.0. The summed E-state index contributed by atoms with van der Waals surface area (Å²) in [4.78, 5) is 26.4. The lowest BCUT2D eigenvalue weighted by atomic mass is 9.95. The third kappa shape index (κ3) is 3.02. The number of nitrogens with one attached hydrogen (secondary N) is 1. The molecule has 2 aromatic carbocycles. The molecule has 25 heavy (non-hydrogen) atoms. The van der Waals surface area contributed by atoms with Crippen LogP contribution in [0.4, 0.5) is 11.4 Å². The van der Waals surface area contributed by atoms with Crippen LogP contribution in [0.3, 0.4) is 0 Å². The zero-order valence-corrected chi connectivity index (χ0v) is 14.6. The summed E-state index contributed by atoms with van der Waals surface area (Å²) in [5.41, 5.74) is 2.14. The highest BCUT2D eigenvalue weighted by atomic mass is 35.5. The van der Waals surface area contributed by atoms with Crippen LogP contribution in [0, 0.1) is 0 Å². The number of amides is 2. The van der Waals surface area contributed by atoms with E-state index >= 15 is 0 Å². The first-order valence-electron chi connectivity index (χ1n) is 8.56. The molecule has 0 radical (unpaired) electrons. The van der Waals surface area contributed by atoms with Crippen molar-refractivity contribution in [1.82, 2.24) is 0 Å². The van der Waals surface area contributed by atoms with Crippen molar-refractivity contribution in [3.63, 3.8) is 0 Å². The lowest BCUT2D eigenvalue weighted by Crippen LogP contribution is -2.28. The van der Waals surface area contributed by atoms with Crippen molar-refractivity contribution >= 4 is 34.8 Å². The molecule has 0 atom stereocenters. The maximum Gasteiger partial charge on any atom is 0.235 e. The number of benzene rings is 2. The van der Waals surface area contributed by atoms with Gasteiger partial charge in [-0.3, -0.25) is 9.59 Å². The minimum Gasteiger partial charge on any atom is -0.325 e. The number of anilines is 2. The van der Waals surface area contributed by atoms with E-state index in [4.69, 9.17) is 11.6 Å². The van der Waals surface area contributed by atoms with E-state index in [2.05, 4.69) is 5.32 Å². The Balaban J connectivity index is 1.49. The maximum atomic E-state index is 12.8. The molecule has 1 N–H and O–H groups in total. The first-order chi connectivity index (χ1) is 12.1. The van der Waals surface area contributed by atoms with Gasteiger partial charge in [-0.05, 0) is 61.2 Å². The molecule has 1 aliphatic carbocycles. The molecular weight excluding hydrogens is 336 g/mol. The molecule has 0 spiro atoms. The second kappa shape index (κ2) is 6.19. The number of rotatable bonds is 4. The Morgan fingerprint density at radius 3 is 2.48 bits per heavy atom. The van der Waals surface area contributed by atoms with E-state index in [1.54, 1.807) is 4.90 Å². The fourth-order valence-electron chi connectivity index (χ4n) is 3.45. The molecule has 1 saturated heterocycles. The fraction of sp³-hybridized carbons (Fsp3) is 0.300. The molecule has 1 heterocycles. The van der Waals surface area contributed by atoms with E-state index in [9.17, 15) is 9.59 Å². The molecule has 0 bridgehead atoms. The van der Waals surface area contributed by atoms with E-state index in [1.807, 2.05) is 48.5 Å². The molecule has 5 heteroatoms. The first-order valence-corrected chi connectivity index (χ1v) is 8.94. The average molecular weight is 355 g/mol. The second-order valence-electron chi connectivity index (χ2n) is 6.74. The Labute approximate surface area is 151 Å². The van der Waals surface area contributed by atoms with Gasteiger partial charge in [-0.15, -0.1) is 0 Å². The van der Waals surface area contributed by atoms with Gasteiger partial charge in [0.1, 0.15) is 0 Å². The first kappa shape index (κ1) is 16.2. The van der Waals surface area contributed by atoms with Crippen molar-refractivity contribution in [2.24, 2.45) is 0 Å². The lowest BCUT2D eigenvalue weighted by molar-refractivity contribution is -0.118. The van der Waals surface area contributed by atoms with Crippen LogP contribution >= 0.6 is 11.6 Å². The van der Waals surface area contributed by atoms with Crippen LogP contribution in [0.15, 0.2) is 48.5 Å². The summed E-state index contributed by atoms with van der Waals surface area (Å²) in [5, 5.41) is 3.66. The molecule has 2 amide bonds. The number of halogens is 1. The number of hydrogen-bond donors (Lipinski definition) is 1. The molecule has 1 aliphatic heterocycles. The van der Waals surface area contributed by atoms with Crippen LogP contribution < -0.4 is 10.2 Å². The molecule has 2 fully saturated rings. The molecule has 4 rings (SSSR count). The van der Waals surface area contributed by atoms with Gasteiger partial charge in [0.2, 0.25) is 11.8 Å². The lowest BCUT2D eigenvalue weighted by Gasteiger charge is -2.18. The van der Waals surface area contributed by atoms with Crippen LogP contribution in [0.2, 0.25) is 5.02 Å². The Hall–Kier alpha value is -2.33. The Kier molecular flexibility index (Phi) is 4.00. The van der Waals surface area contributed by atoms with Gasteiger partial charge in [0, 0.05) is 29.4 Å². The van der Waals surface area contributed by atoms with Gasteiger partial charge in [-0.25, -0.2) is 0 Å². The Morgan fingerprint density at radius 1 is 1.12 bits per heavy atom. The highest BCUT2D eigenvalue weighted by Crippen LogP contribution is 2.49. The van der Waals surface area contributed by atoms with Crippen molar-refractivity contribution in [1.29, 1.82) is 0 Å². The van der Waals surface area contributed by atoms with E-state index in [-0.39, 0.29) is 11.8 Å². The Morgan fingerprint density at radius 2 is 1.88 bits per heavy atom. The quantitative estimate of drug-likeness (QED) is 0.897. The zero-order chi connectivity index (χ0) is 17.4. The van der Waals surface area contributed by atoms with Gasteiger partial charge in [0.25, 0.3) is 0 Å². The number of hydrogen-bond acceptors (Lipinski definition) is 2. The molecule has 4 nitrogen and oxygen atoms in total. The van der Waals surface area contributed by atoms with E-state index < -0.39 is 5.41 Å². The molecule has 128 valence electrons. The monoisotopic (exact) mass is 354 g/mol. The van der Waals surface area contributed by atoms with Gasteiger partial charge >= 0.3 is 0 Å². The molecule has 0 unspecified atom stereocenters. The van der Waals surface area contributed by atoms with Crippen molar-refractivity contribution in [2.75, 3.05) is 16.8 Å². The van der Waals surface area contributed by atoms with Crippen molar-refractivity contribution in [3.8, 4) is 0 Å². The van der Waals surface area contributed by atoms with Gasteiger partial charge in [-0.2, -0.15) is 0 Å². The maximum absolute atomic E-state index is 12.8. The summed E-state index contributed by atoms with van der Waals surface area (Å²) >= 11 is 6.07. The summed E-state index contributed by atoms with van der Waals surface area (Å²) in [5.74, 6) is 0.162. The molecule has 2 aromatic rings. The second-order valence-corrected chi connectivity index (χ2v) is 7.18. The van der Waals surface area contributed by atoms with Crippen LogP contribution in [0.25, 0.3) is 0 Å². The Bertz CT molecular complexity index is 828. The smallest absolute Gasteiger partial charge is 0.235 e. The third-order valence-electron chi connectivity index (χ3n) is 5.07.